The molecule has 0 amide bonds. The van der Waals surface area contributed by atoms with Gasteiger partial charge in [-0.2, -0.15) is 0 Å². The van der Waals surface area contributed by atoms with E-state index in [4.69, 9.17) is 0 Å². The third-order valence-electron chi connectivity index (χ3n) is 3.20. The van der Waals surface area contributed by atoms with E-state index in [1.54, 1.807) is 5.57 Å². The number of hydrogen-bond donors (Lipinski definition) is 0. The summed E-state index contributed by atoms with van der Waals surface area (Å²) < 4.78 is 0. The van der Waals surface area contributed by atoms with Crippen LogP contribution in [0.15, 0.2) is 11.6 Å². The lowest BCUT2D eigenvalue weighted by molar-refractivity contribution is 0.587. The van der Waals surface area contributed by atoms with Gasteiger partial charge >= 0.3 is 0 Å². The van der Waals surface area contributed by atoms with Crippen molar-refractivity contribution in [1.82, 2.24) is 0 Å². The lowest BCUT2D eigenvalue weighted by Gasteiger charge is -1.97. The number of hydrogen-bond acceptors (Lipinski definition) is 0. The molecule has 1 rings (SSSR count). The maximum atomic E-state index is 2.48. The van der Waals surface area contributed by atoms with Crippen molar-refractivity contribution in [1.29, 1.82) is 0 Å². The molecule has 0 spiro atoms. The summed E-state index contributed by atoms with van der Waals surface area (Å²) in [5.74, 6) is 1.00. The first-order chi connectivity index (χ1) is 6.88. The molecule has 0 aromatic heterocycles. The predicted octanol–water partition coefficient (Wildman–Crippen LogP) is 5.09. The SMILES string of the molecule is CCCC=C1CC1CCCCCCC. The third kappa shape index (κ3) is 4.83. The smallest absolute Gasteiger partial charge is 0.0166 e. The van der Waals surface area contributed by atoms with Crippen LogP contribution in [0.2, 0.25) is 0 Å². The van der Waals surface area contributed by atoms with Crippen LogP contribution in [0.3, 0.4) is 0 Å². The maximum absolute atomic E-state index is 2.48. The van der Waals surface area contributed by atoms with Gasteiger partial charge in [-0.25, -0.2) is 0 Å². The van der Waals surface area contributed by atoms with Crippen molar-refractivity contribution < 1.29 is 0 Å². The van der Waals surface area contributed by atoms with Gasteiger partial charge in [0.1, 0.15) is 0 Å². The molecule has 0 N–H and O–H groups in total. The van der Waals surface area contributed by atoms with Gasteiger partial charge in [0.05, 0.1) is 0 Å². The zero-order chi connectivity index (χ0) is 10.2. The van der Waals surface area contributed by atoms with Crippen LogP contribution >= 0.6 is 0 Å². The highest BCUT2D eigenvalue weighted by Crippen LogP contribution is 2.42. The molecule has 0 heteroatoms. The second-order valence-corrected chi connectivity index (χ2v) is 4.67. The zero-order valence-corrected chi connectivity index (χ0v) is 10.0. The summed E-state index contributed by atoms with van der Waals surface area (Å²) in [6.45, 7) is 4.55. The van der Waals surface area contributed by atoms with Crippen molar-refractivity contribution in [3.05, 3.63) is 11.6 Å². The van der Waals surface area contributed by atoms with Gasteiger partial charge < -0.3 is 0 Å². The Balaban J connectivity index is 1.90. The van der Waals surface area contributed by atoms with Gasteiger partial charge in [-0.05, 0) is 25.2 Å². The number of rotatable bonds is 8. The molecule has 1 fully saturated rings. The maximum Gasteiger partial charge on any atom is -0.0166 e. The first-order valence-electron chi connectivity index (χ1n) is 6.57. The van der Waals surface area contributed by atoms with Crippen molar-refractivity contribution in [2.45, 2.75) is 71.6 Å². The minimum absolute atomic E-state index is 1.00. The van der Waals surface area contributed by atoms with Crippen molar-refractivity contribution >= 4 is 0 Å². The van der Waals surface area contributed by atoms with Crippen LogP contribution in [-0.4, -0.2) is 0 Å². The zero-order valence-electron chi connectivity index (χ0n) is 10.0. The average molecular weight is 194 g/mol. The van der Waals surface area contributed by atoms with E-state index in [9.17, 15) is 0 Å². The van der Waals surface area contributed by atoms with Gasteiger partial charge in [-0.1, -0.05) is 64.0 Å². The Morgan fingerprint density at radius 3 is 2.57 bits per heavy atom. The fourth-order valence-electron chi connectivity index (χ4n) is 2.09. The lowest BCUT2D eigenvalue weighted by atomic mass is 10.1. The second kappa shape index (κ2) is 7.09. The van der Waals surface area contributed by atoms with Gasteiger partial charge in [0.25, 0.3) is 0 Å². The summed E-state index contributed by atoms with van der Waals surface area (Å²) in [6, 6.07) is 0. The van der Waals surface area contributed by atoms with Crippen LogP contribution < -0.4 is 0 Å². The lowest BCUT2D eigenvalue weighted by Crippen LogP contribution is -1.80. The van der Waals surface area contributed by atoms with Gasteiger partial charge in [0, 0.05) is 0 Å². The van der Waals surface area contributed by atoms with Gasteiger partial charge in [0.15, 0.2) is 0 Å². The minimum atomic E-state index is 1.00. The van der Waals surface area contributed by atoms with Gasteiger partial charge in [0.2, 0.25) is 0 Å². The van der Waals surface area contributed by atoms with E-state index in [1.807, 2.05) is 0 Å². The molecule has 14 heavy (non-hydrogen) atoms. The monoisotopic (exact) mass is 194 g/mol. The fraction of sp³-hybridized carbons (Fsp3) is 0.857. The first kappa shape index (κ1) is 11.8. The molecule has 0 nitrogen and oxygen atoms in total. The fourth-order valence-corrected chi connectivity index (χ4v) is 2.09. The molecule has 0 bridgehead atoms. The molecule has 1 saturated carbocycles. The quantitative estimate of drug-likeness (QED) is 0.373. The standard InChI is InChI=1S/C14H26/c1-3-5-7-8-9-11-14-12-13(14)10-6-4-2/h10,14H,3-9,11-12H2,1-2H3. The molecule has 1 aliphatic carbocycles. The summed E-state index contributed by atoms with van der Waals surface area (Å²) in [7, 11) is 0. The van der Waals surface area contributed by atoms with Gasteiger partial charge in [-0.3, -0.25) is 0 Å². The Kier molecular flexibility index (Phi) is 5.98. The van der Waals surface area contributed by atoms with Crippen LogP contribution in [-0.2, 0) is 0 Å². The second-order valence-electron chi connectivity index (χ2n) is 4.67. The minimum Gasteiger partial charge on any atom is -0.0850 e. The molecule has 0 aromatic rings. The molecular weight excluding hydrogens is 168 g/mol. The van der Waals surface area contributed by atoms with E-state index in [1.165, 1.54) is 57.8 Å². The van der Waals surface area contributed by atoms with Gasteiger partial charge in [-0.15, -0.1) is 0 Å². The molecule has 0 aliphatic heterocycles. The molecule has 1 atom stereocenters. The van der Waals surface area contributed by atoms with E-state index in [0.29, 0.717) is 0 Å². The summed E-state index contributed by atoms with van der Waals surface area (Å²) in [6.07, 6.45) is 15.2. The molecule has 82 valence electrons. The largest absolute Gasteiger partial charge is 0.0850 e. The van der Waals surface area contributed by atoms with Crippen molar-refractivity contribution in [3.63, 3.8) is 0 Å². The highest BCUT2D eigenvalue weighted by atomic mass is 14.3. The van der Waals surface area contributed by atoms with E-state index in [2.05, 4.69) is 19.9 Å². The third-order valence-corrected chi connectivity index (χ3v) is 3.20. The van der Waals surface area contributed by atoms with Crippen molar-refractivity contribution in [3.8, 4) is 0 Å². The van der Waals surface area contributed by atoms with Crippen LogP contribution in [0.5, 0.6) is 0 Å². The Hall–Kier alpha value is -0.260. The molecule has 0 radical (unpaired) electrons. The van der Waals surface area contributed by atoms with E-state index >= 15 is 0 Å². The molecule has 0 heterocycles. The number of allylic oxidation sites excluding steroid dienone is 2. The Labute approximate surface area is 89.8 Å². The summed E-state index contributed by atoms with van der Waals surface area (Å²) in [4.78, 5) is 0. The number of unbranched alkanes of at least 4 members (excludes halogenated alkanes) is 5. The molecule has 1 aliphatic rings. The normalized spacial score (nSPS) is 23.0. The molecule has 0 saturated heterocycles. The van der Waals surface area contributed by atoms with Crippen LogP contribution in [0.25, 0.3) is 0 Å². The topological polar surface area (TPSA) is 0 Å². The Morgan fingerprint density at radius 1 is 1.07 bits per heavy atom. The Bertz CT molecular complexity index is 167. The summed E-state index contributed by atoms with van der Waals surface area (Å²) >= 11 is 0. The van der Waals surface area contributed by atoms with E-state index in [0.717, 1.165) is 5.92 Å². The Morgan fingerprint density at radius 2 is 1.86 bits per heavy atom. The molecule has 1 unspecified atom stereocenters. The molecular formula is C14H26. The van der Waals surface area contributed by atoms with Crippen LogP contribution in [0, 0.1) is 5.92 Å². The predicted molar refractivity (Wildman–Crippen MR) is 64.5 cm³/mol. The van der Waals surface area contributed by atoms with Crippen LogP contribution in [0.1, 0.15) is 71.6 Å². The average Bonchev–Trinajstić information content (AvgIpc) is 2.93. The van der Waals surface area contributed by atoms with E-state index < -0.39 is 0 Å². The summed E-state index contributed by atoms with van der Waals surface area (Å²) in [5.41, 5.74) is 1.77. The highest BCUT2D eigenvalue weighted by molar-refractivity contribution is 5.22. The highest BCUT2D eigenvalue weighted by Gasteiger charge is 2.27. The van der Waals surface area contributed by atoms with E-state index in [-0.39, 0.29) is 0 Å². The van der Waals surface area contributed by atoms with Crippen molar-refractivity contribution in [2.24, 2.45) is 5.92 Å². The summed E-state index contributed by atoms with van der Waals surface area (Å²) in [5, 5.41) is 0. The van der Waals surface area contributed by atoms with Crippen LogP contribution in [0.4, 0.5) is 0 Å². The first-order valence-corrected chi connectivity index (χ1v) is 6.57. The van der Waals surface area contributed by atoms with Crippen molar-refractivity contribution in [2.75, 3.05) is 0 Å². The molecule has 0 aromatic carbocycles.